The predicted molar refractivity (Wildman–Crippen MR) is 203 cm³/mol. The van der Waals surface area contributed by atoms with Crippen molar-refractivity contribution in [1.82, 2.24) is 9.80 Å². The molecule has 13 heteroatoms. The van der Waals surface area contributed by atoms with Gasteiger partial charge in [0.25, 0.3) is 0 Å². The monoisotopic (exact) mass is 764 g/mol. The second-order valence-electron chi connectivity index (χ2n) is 16.2. The van der Waals surface area contributed by atoms with Gasteiger partial charge in [-0.3, -0.25) is 0 Å². The SMILES string of the molecule is CC(C)(C)OC(=O)N1CCC(Cc2cc(CSCc3ccc(S(C)(=O)=O)c(CC4CCN(C(=O)OC(C)(C)C)CC4)c3)ccc2S(C)(=O)=O)CC1. The summed E-state index contributed by atoms with van der Waals surface area (Å²) in [6.45, 7) is 13.4. The number of amides is 2. The third kappa shape index (κ3) is 12.7. The van der Waals surface area contributed by atoms with Gasteiger partial charge >= 0.3 is 12.2 Å². The van der Waals surface area contributed by atoms with Crippen molar-refractivity contribution in [3.05, 3.63) is 58.7 Å². The summed E-state index contributed by atoms with van der Waals surface area (Å²) in [7, 11) is -6.85. The molecule has 284 valence electrons. The molecule has 2 heterocycles. The van der Waals surface area contributed by atoms with E-state index in [2.05, 4.69) is 0 Å². The Morgan fingerprint density at radius 1 is 0.647 bits per heavy atom. The third-order valence-corrected chi connectivity index (χ3v) is 12.6. The van der Waals surface area contributed by atoms with E-state index in [1.165, 1.54) is 12.5 Å². The van der Waals surface area contributed by atoms with Crippen LogP contribution in [0, 0.1) is 11.8 Å². The third-order valence-electron chi connectivity index (χ3n) is 9.14. The topological polar surface area (TPSA) is 127 Å². The molecule has 2 aliphatic rings. The summed E-state index contributed by atoms with van der Waals surface area (Å²) in [4.78, 5) is 29.2. The Labute approximate surface area is 309 Å². The summed E-state index contributed by atoms with van der Waals surface area (Å²) >= 11 is 1.70. The fourth-order valence-corrected chi connectivity index (χ4v) is 9.49. The van der Waals surface area contributed by atoms with Crippen LogP contribution in [0.4, 0.5) is 9.59 Å². The van der Waals surface area contributed by atoms with E-state index in [-0.39, 0.29) is 24.0 Å². The number of piperidine rings is 2. The summed E-state index contributed by atoms with van der Waals surface area (Å²) in [5.74, 6) is 1.84. The van der Waals surface area contributed by atoms with Gasteiger partial charge in [-0.1, -0.05) is 24.3 Å². The van der Waals surface area contributed by atoms with E-state index in [0.717, 1.165) is 47.9 Å². The lowest BCUT2D eigenvalue weighted by Gasteiger charge is -2.33. The van der Waals surface area contributed by atoms with Gasteiger partial charge in [-0.15, -0.1) is 0 Å². The zero-order valence-corrected chi connectivity index (χ0v) is 33.9. The van der Waals surface area contributed by atoms with Crippen molar-refractivity contribution in [3.63, 3.8) is 0 Å². The number of sulfone groups is 2. The highest BCUT2D eigenvalue weighted by Crippen LogP contribution is 2.31. The van der Waals surface area contributed by atoms with Crippen molar-refractivity contribution in [2.45, 2.75) is 113 Å². The van der Waals surface area contributed by atoms with Crippen LogP contribution in [0.15, 0.2) is 46.2 Å². The molecule has 0 saturated carbocycles. The van der Waals surface area contributed by atoms with E-state index in [4.69, 9.17) is 9.47 Å². The van der Waals surface area contributed by atoms with Gasteiger partial charge in [-0.05, 0) is 126 Å². The van der Waals surface area contributed by atoms with E-state index >= 15 is 0 Å². The first-order valence-corrected chi connectivity index (χ1v) is 22.7. The molecule has 4 rings (SSSR count). The van der Waals surface area contributed by atoms with Crippen LogP contribution in [0.3, 0.4) is 0 Å². The van der Waals surface area contributed by atoms with Crippen LogP contribution in [0.5, 0.6) is 0 Å². The van der Waals surface area contributed by atoms with Crippen LogP contribution >= 0.6 is 11.8 Å². The average molecular weight is 765 g/mol. The molecule has 0 aliphatic carbocycles. The number of hydrogen-bond donors (Lipinski definition) is 0. The highest BCUT2D eigenvalue weighted by atomic mass is 32.2. The molecule has 10 nitrogen and oxygen atoms in total. The number of benzene rings is 2. The summed E-state index contributed by atoms with van der Waals surface area (Å²) < 4.78 is 61.9. The number of carbonyl (C=O) groups is 2. The maximum atomic E-state index is 12.7. The first-order chi connectivity index (χ1) is 23.6. The lowest BCUT2D eigenvalue weighted by molar-refractivity contribution is 0.0173. The minimum atomic E-state index is -3.42. The van der Waals surface area contributed by atoms with Crippen LogP contribution in [-0.2, 0) is 53.5 Å². The molecule has 51 heavy (non-hydrogen) atoms. The Kier molecular flexibility index (Phi) is 13.3. The summed E-state index contributed by atoms with van der Waals surface area (Å²) in [5.41, 5.74) is 2.56. The van der Waals surface area contributed by atoms with E-state index in [0.29, 0.717) is 60.3 Å². The lowest BCUT2D eigenvalue weighted by atomic mass is 9.90. The summed E-state index contributed by atoms with van der Waals surface area (Å²) in [6.07, 6.45) is 6.21. The largest absolute Gasteiger partial charge is 0.444 e. The van der Waals surface area contributed by atoms with E-state index in [1.54, 1.807) is 33.7 Å². The number of rotatable bonds is 10. The molecule has 2 aromatic rings. The predicted octanol–water partition coefficient (Wildman–Crippen LogP) is 7.31. The van der Waals surface area contributed by atoms with Crippen molar-refractivity contribution in [2.75, 3.05) is 38.7 Å². The molecule has 0 atom stereocenters. The van der Waals surface area contributed by atoms with Gasteiger partial charge in [0.05, 0.1) is 9.79 Å². The molecule has 2 fully saturated rings. The molecule has 2 saturated heterocycles. The van der Waals surface area contributed by atoms with Crippen LogP contribution < -0.4 is 0 Å². The van der Waals surface area contributed by atoms with Crippen molar-refractivity contribution < 1.29 is 35.9 Å². The minimum absolute atomic E-state index is 0.253. The zero-order chi connectivity index (χ0) is 37.8. The van der Waals surface area contributed by atoms with Gasteiger partial charge < -0.3 is 19.3 Å². The van der Waals surface area contributed by atoms with Gasteiger partial charge in [-0.25, -0.2) is 26.4 Å². The normalized spacial score (nSPS) is 17.0. The van der Waals surface area contributed by atoms with Gasteiger partial charge in [0.15, 0.2) is 19.7 Å². The minimum Gasteiger partial charge on any atom is -0.444 e. The molecule has 2 aromatic carbocycles. The highest BCUT2D eigenvalue weighted by molar-refractivity contribution is 7.97. The molecular formula is C38H56N2O8S3. The van der Waals surface area contributed by atoms with Crippen molar-refractivity contribution in [3.8, 4) is 0 Å². The quantitative estimate of drug-likeness (QED) is 0.245. The fourth-order valence-electron chi connectivity index (χ4n) is 6.69. The second kappa shape index (κ2) is 16.5. The standard InChI is InChI=1S/C38H56N2O8S3/c1-37(2,3)47-35(41)39-17-13-27(14-18-39)21-31-23-29(9-11-33(31)50(7,43)44)25-49-26-30-10-12-34(51(8,45)46)32(24-30)22-28-15-19-40(20-16-28)36(42)48-38(4,5)6/h9-12,23-24,27-28H,13-22,25-26H2,1-8H3. The summed E-state index contributed by atoms with van der Waals surface area (Å²) in [5, 5.41) is 0. The maximum absolute atomic E-state index is 12.7. The number of thioether (sulfide) groups is 1. The molecule has 0 unspecified atom stereocenters. The van der Waals surface area contributed by atoms with Crippen LogP contribution in [0.2, 0.25) is 0 Å². The molecular weight excluding hydrogens is 709 g/mol. The lowest BCUT2D eigenvalue weighted by Crippen LogP contribution is -2.42. The zero-order valence-electron chi connectivity index (χ0n) is 31.5. The van der Waals surface area contributed by atoms with Gasteiger partial charge in [-0.2, -0.15) is 11.8 Å². The highest BCUT2D eigenvalue weighted by Gasteiger charge is 2.30. The van der Waals surface area contributed by atoms with E-state index in [9.17, 15) is 26.4 Å². The number of hydrogen-bond acceptors (Lipinski definition) is 9. The molecule has 0 radical (unpaired) electrons. The number of ether oxygens (including phenoxy) is 2. The number of carbonyl (C=O) groups excluding carboxylic acids is 2. The van der Waals surface area contributed by atoms with Crippen LogP contribution in [-0.4, -0.2) is 88.7 Å². The van der Waals surface area contributed by atoms with Crippen molar-refractivity contribution >= 4 is 43.6 Å². The Bertz CT molecular complexity index is 1630. The van der Waals surface area contributed by atoms with Gasteiger partial charge in [0, 0.05) is 50.2 Å². The first kappa shape index (κ1) is 41.0. The summed E-state index contributed by atoms with van der Waals surface area (Å²) in [6, 6.07) is 11.2. The van der Waals surface area contributed by atoms with Gasteiger partial charge in [0.2, 0.25) is 0 Å². The molecule has 2 amide bonds. The maximum Gasteiger partial charge on any atom is 0.410 e. The van der Waals surface area contributed by atoms with Crippen molar-refractivity contribution in [2.24, 2.45) is 11.8 Å². The molecule has 2 aliphatic heterocycles. The van der Waals surface area contributed by atoms with Gasteiger partial charge in [0.1, 0.15) is 11.2 Å². The Morgan fingerprint density at radius 2 is 0.980 bits per heavy atom. The van der Waals surface area contributed by atoms with E-state index < -0.39 is 30.9 Å². The van der Waals surface area contributed by atoms with E-state index in [1.807, 2.05) is 65.8 Å². The van der Waals surface area contributed by atoms with Crippen molar-refractivity contribution in [1.29, 1.82) is 0 Å². The molecule has 0 aromatic heterocycles. The van der Waals surface area contributed by atoms with Crippen LogP contribution in [0.1, 0.15) is 89.5 Å². The smallest absolute Gasteiger partial charge is 0.410 e. The number of nitrogens with zero attached hydrogens (tertiary/aromatic N) is 2. The average Bonchev–Trinajstić information content (AvgIpc) is 2.99. The van der Waals surface area contributed by atoms with Crippen LogP contribution in [0.25, 0.3) is 0 Å². The Hall–Kier alpha value is -2.77. The fraction of sp³-hybridized carbons (Fsp3) is 0.632. The number of likely N-dealkylation sites (tertiary alicyclic amines) is 2. The molecule has 0 bridgehead atoms. The molecule has 0 spiro atoms. The molecule has 0 N–H and O–H groups in total. The first-order valence-electron chi connectivity index (χ1n) is 17.7. The second-order valence-corrected chi connectivity index (χ2v) is 21.1. The Balaban J connectivity index is 1.38. The Morgan fingerprint density at radius 3 is 1.27 bits per heavy atom.